The van der Waals surface area contributed by atoms with Gasteiger partial charge in [0.05, 0.1) is 38.0 Å². The number of carbonyl (C=O) groups is 3. The number of methoxy groups -OCH3 is 1. The van der Waals surface area contributed by atoms with Crippen molar-refractivity contribution in [2.45, 2.75) is 52.8 Å². The summed E-state index contributed by atoms with van der Waals surface area (Å²) in [6.45, 7) is 9.21. The predicted octanol–water partition coefficient (Wildman–Crippen LogP) is 4.66. The van der Waals surface area contributed by atoms with E-state index in [1.807, 2.05) is 32.0 Å². The van der Waals surface area contributed by atoms with E-state index in [4.69, 9.17) is 24.1 Å². The highest BCUT2D eigenvalue weighted by molar-refractivity contribution is 5.98. The molecular formula is C35H40F4N2O7. The molecule has 0 aliphatic carbocycles. The van der Waals surface area contributed by atoms with Gasteiger partial charge >= 0.3 is 12.1 Å². The van der Waals surface area contributed by atoms with Crippen LogP contribution in [0.25, 0.3) is 11.1 Å². The lowest BCUT2D eigenvalue weighted by atomic mass is 9.81. The van der Waals surface area contributed by atoms with Gasteiger partial charge in [0.1, 0.15) is 29.8 Å². The van der Waals surface area contributed by atoms with E-state index in [2.05, 4.69) is 12.2 Å². The molecule has 48 heavy (non-hydrogen) atoms. The molecule has 0 radical (unpaired) electrons. The average Bonchev–Trinajstić information content (AvgIpc) is 3.40. The van der Waals surface area contributed by atoms with Crippen LogP contribution < -0.4 is 24.8 Å². The summed E-state index contributed by atoms with van der Waals surface area (Å²) in [6, 6.07) is 17.5. The minimum Gasteiger partial charge on any atom is -0.542 e. The van der Waals surface area contributed by atoms with Crippen LogP contribution in [0.1, 0.15) is 56.0 Å². The van der Waals surface area contributed by atoms with E-state index in [1.165, 1.54) is 19.2 Å². The Bertz CT molecular complexity index is 1540. The fourth-order valence-electron chi connectivity index (χ4n) is 5.51. The summed E-state index contributed by atoms with van der Waals surface area (Å²) in [5.74, 6) is -2.21. The number of carbonyl (C=O) groups excluding carboxylic acids is 3. The molecule has 3 aromatic carbocycles. The molecule has 0 saturated carbocycles. The zero-order chi connectivity index (χ0) is 35.5. The van der Waals surface area contributed by atoms with Gasteiger partial charge in [0.25, 0.3) is 0 Å². The number of alkyl halides is 3. The Morgan fingerprint density at radius 2 is 1.58 bits per heavy atom. The van der Waals surface area contributed by atoms with Gasteiger partial charge in [-0.3, -0.25) is 4.79 Å². The van der Waals surface area contributed by atoms with Gasteiger partial charge < -0.3 is 34.3 Å². The minimum absolute atomic E-state index is 0.0768. The first-order valence-corrected chi connectivity index (χ1v) is 15.5. The maximum Gasteiger partial charge on any atom is 0.430 e. The van der Waals surface area contributed by atoms with Gasteiger partial charge in [-0.05, 0) is 68.3 Å². The van der Waals surface area contributed by atoms with E-state index in [0.29, 0.717) is 43.2 Å². The first-order chi connectivity index (χ1) is 22.8. The van der Waals surface area contributed by atoms with Crippen molar-refractivity contribution in [2.75, 3.05) is 38.3 Å². The second kappa shape index (κ2) is 17.0. The highest BCUT2D eigenvalue weighted by Gasteiger charge is 2.42. The van der Waals surface area contributed by atoms with Crippen molar-refractivity contribution >= 4 is 23.5 Å². The molecule has 260 valence electrons. The number of benzene rings is 3. The second-order valence-corrected chi connectivity index (χ2v) is 11.2. The number of ether oxygens (including phenoxy) is 3. The minimum atomic E-state index is -5.19. The lowest BCUT2D eigenvalue weighted by molar-refractivity contribution is -0.672. The van der Waals surface area contributed by atoms with E-state index < -0.39 is 18.1 Å². The first-order valence-electron chi connectivity index (χ1n) is 15.5. The maximum atomic E-state index is 13.6. The summed E-state index contributed by atoms with van der Waals surface area (Å²) in [4.78, 5) is 35.6. The standard InChI is InChI=1S/C33H39FN2O5.C2HF3O2/c1-5-33(20-30(37)36(22-33)27-10-8-9-25(19-27)32(38)39-4)15-16-35-21-23-17-28(40-6-2)31(29(18-23)41-7-3)24-11-13-26(34)14-12-24;3-2(4,5)1(6)7/h8-14,17-19,35H,5-7,15-16,20-22H2,1-4H3;(H,6,7). The van der Waals surface area contributed by atoms with Crippen molar-refractivity contribution in [2.24, 2.45) is 5.41 Å². The van der Waals surface area contributed by atoms with E-state index in [0.717, 1.165) is 48.3 Å². The third kappa shape index (κ3) is 9.93. The number of esters is 1. The molecule has 1 fully saturated rings. The lowest BCUT2D eigenvalue weighted by Gasteiger charge is -2.27. The summed E-state index contributed by atoms with van der Waals surface area (Å²) in [6.07, 6.45) is -2.95. The molecule has 0 spiro atoms. The number of nitrogens with two attached hydrogens (primary N) is 1. The quantitative estimate of drug-likeness (QED) is 0.159. The number of hydrogen-bond acceptors (Lipinski definition) is 7. The van der Waals surface area contributed by atoms with Crippen molar-refractivity contribution in [1.82, 2.24) is 0 Å². The Morgan fingerprint density at radius 3 is 2.10 bits per heavy atom. The van der Waals surface area contributed by atoms with Crippen LogP contribution in [0, 0.1) is 11.2 Å². The highest BCUT2D eigenvalue weighted by atomic mass is 19.4. The highest BCUT2D eigenvalue weighted by Crippen LogP contribution is 2.41. The van der Waals surface area contributed by atoms with Crippen molar-refractivity contribution < 1.29 is 56.6 Å². The van der Waals surface area contributed by atoms with E-state index in [9.17, 15) is 27.2 Å². The van der Waals surface area contributed by atoms with Crippen LogP contribution >= 0.6 is 0 Å². The topological polar surface area (TPSA) is 122 Å². The molecule has 1 aliphatic rings. The predicted molar refractivity (Wildman–Crippen MR) is 168 cm³/mol. The van der Waals surface area contributed by atoms with Gasteiger partial charge in [-0.2, -0.15) is 13.2 Å². The average molecular weight is 677 g/mol. The number of carboxylic acids is 1. The fraction of sp³-hybridized carbons (Fsp3) is 0.400. The van der Waals surface area contributed by atoms with Crippen LogP contribution in [0.2, 0.25) is 0 Å². The molecule has 9 nitrogen and oxygen atoms in total. The summed E-state index contributed by atoms with van der Waals surface area (Å²) < 4.78 is 62.0. The summed E-state index contributed by atoms with van der Waals surface area (Å²) in [5, 5.41) is 11.0. The molecule has 1 atom stereocenters. The van der Waals surface area contributed by atoms with Crippen LogP contribution in [0.4, 0.5) is 23.2 Å². The third-order valence-corrected chi connectivity index (χ3v) is 8.00. The molecule has 2 N–H and O–H groups in total. The van der Waals surface area contributed by atoms with E-state index in [-0.39, 0.29) is 17.1 Å². The molecule has 1 heterocycles. The molecular weight excluding hydrogens is 636 g/mol. The Kier molecular flexibility index (Phi) is 13.4. The van der Waals surface area contributed by atoms with Crippen LogP contribution in [0.5, 0.6) is 11.5 Å². The number of anilines is 1. The number of nitrogens with zero attached hydrogens (tertiary/aromatic N) is 1. The molecule has 1 saturated heterocycles. The monoisotopic (exact) mass is 676 g/mol. The smallest absolute Gasteiger partial charge is 0.430 e. The SMILES string of the molecule is CCOc1cc(C[NH2+]CCC2(CC)CC(=O)N(c3cccc(C(=O)OC)c3)C2)cc(OCC)c1-c1ccc(F)cc1.O=C([O-])C(F)(F)F. The largest absolute Gasteiger partial charge is 0.542 e. The summed E-state index contributed by atoms with van der Waals surface area (Å²) >= 11 is 0. The molecule has 13 heteroatoms. The second-order valence-electron chi connectivity index (χ2n) is 11.2. The van der Waals surface area contributed by atoms with E-state index in [1.54, 1.807) is 35.2 Å². The summed E-state index contributed by atoms with van der Waals surface area (Å²) in [5.41, 5.74) is 3.76. The summed E-state index contributed by atoms with van der Waals surface area (Å²) in [7, 11) is 1.35. The number of amides is 1. The molecule has 1 aliphatic heterocycles. The zero-order valence-electron chi connectivity index (χ0n) is 27.3. The number of quaternary nitrogens is 1. The van der Waals surface area contributed by atoms with Crippen LogP contribution in [-0.2, 0) is 20.9 Å². The van der Waals surface area contributed by atoms with Gasteiger partial charge in [-0.15, -0.1) is 0 Å². The first kappa shape index (κ1) is 37.8. The van der Waals surface area contributed by atoms with Gasteiger partial charge in [-0.25, -0.2) is 9.18 Å². The van der Waals surface area contributed by atoms with Crippen LogP contribution in [-0.4, -0.2) is 57.4 Å². The Hall–Kier alpha value is -4.65. The van der Waals surface area contributed by atoms with Crippen molar-refractivity contribution in [3.8, 4) is 22.6 Å². The zero-order valence-corrected chi connectivity index (χ0v) is 27.3. The van der Waals surface area contributed by atoms with Gasteiger partial charge in [0.15, 0.2) is 0 Å². The van der Waals surface area contributed by atoms with Crippen LogP contribution in [0.3, 0.4) is 0 Å². The number of carboxylic acid groups (broad SMARTS) is 1. The molecule has 4 rings (SSSR count). The van der Waals surface area contributed by atoms with Crippen molar-refractivity contribution in [3.05, 3.63) is 77.6 Å². The fourth-order valence-corrected chi connectivity index (χ4v) is 5.51. The van der Waals surface area contributed by atoms with Crippen LogP contribution in [0.15, 0.2) is 60.7 Å². The maximum absolute atomic E-state index is 13.6. The van der Waals surface area contributed by atoms with Crippen molar-refractivity contribution in [3.63, 3.8) is 0 Å². The normalized spacial score (nSPS) is 15.8. The molecule has 0 aromatic heterocycles. The Labute approximate surface area is 276 Å². The molecule has 1 amide bonds. The lowest BCUT2D eigenvalue weighted by Crippen LogP contribution is -2.83. The third-order valence-electron chi connectivity index (χ3n) is 8.00. The van der Waals surface area contributed by atoms with Crippen molar-refractivity contribution in [1.29, 1.82) is 0 Å². The number of rotatable bonds is 13. The van der Waals surface area contributed by atoms with E-state index >= 15 is 0 Å². The van der Waals surface area contributed by atoms with Gasteiger partial charge in [-0.1, -0.05) is 25.1 Å². The number of halogens is 4. The molecule has 0 bridgehead atoms. The van der Waals surface area contributed by atoms with Gasteiger partial charge in [0.2, 0.25) is 5.91 Å². The number of aliphatic carboxylic acids is 1. The Morgan fingerprint density at radius 1 is 0.979 bits per heavy atom. The number of hydrogen-bond donors (Lipinski definition) is 1. The molecule has 1 unspecified atom stereocenters. The van der Waals surface area contributed by atoms with Gasteiger partial charge in [0, 0.05) is 36.1 Å². The Balaban J connectivity index is 0.000000804. The molecule has 3 aromatic rings.